The third-order valence-corrected chi connectivity index (χ3v) is 3.11. The molecule has 2 aromatic rings. The first-order chi connectivity index (χ1) is 8.36. The van der Waals surface area contributed by atoms with E-state index in [1.54, 1.807) is 0 Å². The van der Waals surface area contributed by atoms with Crippen LogP contribution in [0.25, 0.3) is 0 Å². The van der Waals surface area contributed by atoms with E-state index in [1.165, 1.54) is 11.2 Å². The maximum absolute atomic E-state index is 4.40. The molecule has 0 unspecified atom stereocenters. The van der Waals surface area contributed by atoms with Gasteiger partial charge in [0.05, 0.1) is 0 Å². The summed E-state index contributed by atoms with van der Waals surface area (Å²) in [6.45, 7) is 2.68. The molecule has 0 N–H and O–H groups in total. The van der Waals surface area contributed by atoms with E-state index in [0.29, 0.717) is 6.71 Å². The van der Waals surface area contributed by atoms with Crippen molar-refractivity contribution in [3.63, 3.8) is 0 Å². The lowest BCUT2D eigenvalue weighted by atomic mass is 9.46. The monoisotopic (exact) mass is 220 g/mol. The number of aromatic nitrogens is 1. The summed E-state index contributed by atoms with van der Waals surface area (Å²) >= 11 is 0. The molecule has 1 aromatic heterocycles. The Balaban J connectivity index is 2.11. The Bertz CT molecular complexity index is 551. The van der Waals surface area contributed by atoms with Gasteiger partial charge in [-0.2, -0.15) is 0 Å². The van der Waals surface area contributed by atoms with Gasteiger partial charge in [0.2, 0.25) is 6.71 Å². The summed E-state index contributed by atoms with van der Waals surface area (Å²) in [6, 6.07) is 14.5. The Morgan fingerprint density at radius 3 is 2.71 bits per heavy atom. The van der Waals surface area contributed by atoms with Crippen molar-refractivity contribution in [1.29, 1.82) is 0 Å². The molecular weight excluding hydrogens is 207 g/mol. The minimum absolute atomic E-state index is 0.464. The standard InChI is InChI=1S/C14H13BN2/c1-15-9-11-17(14-8-4-5-10-16-14)13-7-3-2-6-12(13)15/h2-11H,1H3. The molecule has 0 atom stereocenters. The van der Waals surface area contributed by atoms with Crippen molar-refractivity contribution >= 4 is 23.7 Å². The van der Waals surface area contributed by atoms with Gasteiger partial charge in [0.1, 0.15) is 5.82 Å². The Labute approximate surface area is 102 Å². The Hall–Kier alpha value is -2.03. The summed E-state index contributed by atoms with van der Waals surface area (Å²) < 4.78 is 0. The second kappa shape index (κ2) is 4.09. The molecule has 3 rings (SSSR count). The number of pyridine rings is 1. The van der Waals surface area contributed by atoms with E-state index in [2.05, 4.69) is 53.1 Å². The molecule has 0 aliphatic carbocycles. The van der Waals surface area contributed by atoms with Crippen LogP contribution in [-0.2, 0) is 0 Å². The number of nitrogens with zero attached hydrogens (tertiary/aromatic N) is 2. The molecule has 0 radical (unpaired) electrons. The lowest BCUT2D eigenvalue weighted by molar-refractivity contribution is 1.18. The summed E-state index contributed by atoms with van der Waals surface area (Å²) in [5.74, 6) is 3.17. The number of hydrogen-bond donors (Lipinski definition) is 0. The molecule has 1 aromatic carbocycles. The molecule has 1 aliphatic heterocycles. The number of anilines is 2. The van der Waals surface area contributed by atoms with E-state index < -0.39 is 0 Å². The number of para-hydroxylation sites is 1. The van der Waals surface area contributed by atoms with Crippen LogP contribution in [0.1, 0.15) is 0 Å². The largest absolute Gasteiger partial charge is 0.304 e. The van der Waals surface area contributed by atoms with Crippen LogP contribution in [0.5, 0.6) is 0 Å². The molecule has 2 nitrogen and oxygen atoms in total. The van der Waals surface area contributed by atoms with Gasteiger partial charge in [0.15, 0.2) is 0 Å². The molecular formula is C14H13BN2. The molecule has 1 aliphatic rings. The van der Waals surface area contributed by atoms with Gasteiger partial charge in [-0.05, 0) is 24.4 Å². The van der Waals surface area contributed by atoms with Crippen molar-refractivity contribution in [3.8, 4) is 0 Å². The van der Waals surface area contributed by atoms with Crippen molar-refractivity contribution < 1.29 is 0 Å². The van der Waals surface area contributed by atoms with E-state index in [0.717, 1.165) is 5.82 Å². The average Bonchev–Trinajstić information content (AvgIpc) is 2.41. The quantitative estimate of drug-likeness (QED) is 0.686. The minimum atomic E-state index is 0.464. The first-order valence-corrected chi connectivity index (χ1v) is 5.84. The predicted molar refractivity (Wildman–Crippen MR) is 73.2 cm³/mol. The lowest BCUT2D eigenvalue weighted by Gasteiger charge is -2.27. The highest BCUT2D eigenvalue weighted by Gasteiger charge is 2.20. The first-order valence-electron chi connectivity index (χ1n) is 5.84. The third-order valence-electron chi connectivity index (χ3n) is 3.11. The van der Waals surface area contributed by atoms with Crippen molar-refractivity contribution in [3.05, 3.63) is 60.8 Å². The molecule has 0 fully saturated rings. The first kappa shape index (κ1) is 10.1. The molecule has 0 amide bonds. The fourth-order valence-corrected chi connectivity index (χ4v) is 2.19. The zero-order chi connectivity index (χ0) is 11.7. The highest BCUT2D eigenvalue weighted by Crippen LogP contribution is 2.25. The van der Waals surface area contributed by atoms with Gasteiger partial charge in [-0.25, -0.2) is 4.98 Å². The fraction of sp³-hybridized carbons (Fsp3) is 0.0714. The summed E-state index contributed by atoms with van der Waals surface area (Å²) in [5, 5.41) is 0. The van der Waals surface area contributed by atoms with Gasteiger partial charge < -0.3 is 4.90 Å². The molecule has 0 spiro atoms. The number of rotatable bonds is 1. The molecule has 82 valence electrons. The van der Waals surface area contributed by atoms with E-state index in [-0.39, 0.29) is 0 Å². The smallest absolute Gasteiger partial charge is 0.202 e. The highest BCUT2D eigenvalue weighted by atomic mass is 15.2. The van der Waals surface area contributed by atoms with Gasteiger partial charge in [-0.3, -0.25) is 0 Å². The van der Waals surface area contributed by atoms with Crippen LogP contribution in [-0.4, -0.2) is 11.7 Å². The van der Waals surface area contributed by atoms with Gasteiger partial charge in [0.25, 0.3) is 0 Å². The topological polar surface area (TPSA) is 16.1 Å². The molecule has 0 bridgehead atoms. The maximum atomic E-state index is 4.40. The zero-order valence-corrected chi connectivity index (χ0v) is 9.75. The third kappa shape index (κ3) is 1.74. The van der Waals surface area contributed by atoms with Crippen LogP contribution < -0.4 is 10.4 Å². The Morgan fingerprint density at radius 1 is 1.06 bits per heavy atom. The minimum Gasteiger partial charge on any atom is -0.304 e. The van der Waals surface area contributed by atoms with E-state index >= 15 is 0 Å². The summed E-state index contributed by atoms with van der Waals surface area (Å²) in [6.07, 6.45) is 3.93. The van der Waals surface area contributed by atoms with Crippen molar-refractivity contribution in [2.75, 3.05) is 4.90 Å². The second-order valence-corrected chi connectivity index (χ2v) is 4.25. The van der Waals surface area contributed by atoms with Crippen LogP contribution >= 0.6 is 0 Å². The van der Waals surface area contributed by atoms with Crippen molar-refractivity contribution in [1.82, 2.24) is 4.98 Å². The number of benzene rings is 1. The Morgan fingerprint density at radius 2 is 1.88 bits per heavy atom. The van der Waals surface area contributed by atoms with Crippen LogP contribution in [0.15, 0.2) is 60.8 Å². The zero-order valence-electron chi connectivity index (χ0n) is 9.75. The molecule has 0 saturated carbocycles. The van der Waals surface area contributed by atoms with Gasteiger partial charge in [-0.15, -0.1) is 0 Å². The highest BCUT2D eigenvalue weighted by molar-refractivity contribution is 6.78. The number of fused-ring (bicyclic) bond motifs is 1. The molecule has 2 heterocycles. The van der Waals surface area contributed by atoms with E-state index in [1.807, 2.05) is 24.4 Å². The number of hydrogen-bond acceptors (Lipinski definition) is 2. The Kier molecular flexibility index (Phi) is 2.44. The average molecular weight is 220 g/mol. The maximum Gasteiger partial charge on any atom is 0.202 e. The fourth-order valence-electron chi connectivity index (χ4n) is 2.19. The van der Waals surface area contributed by atoms with Crippen LogP contribution in [0.4, 0.5) is 11.5 Å². The molecule has 3 heteroatoms. The van der Waals surface area contributed by atoms with Crippen LogP contribution in [0.3, 0.4) is 0 Å². The van der Waals surface area contributed by atoms with Gasteiger partial charge >= 0.3 is 0 Å². The normalized spacial score (nSPS) is 13.7. The lowest BCUT2D eigenvalue weighted by Crippen LogP contribution is -2.34. The molecule has 0 saturated heterocycles. The summed E-state index contributed by atoms with van der Waals surface area (Å²) in [5.41, 5.74) is 2.57. The van der Waals surface area contributed by atoms with Crippen molar-refractivity contribution in [2.45, 2.75) is 6.82 Å². The second-order valence-electron chi connectivity index (χ2n) is 4.25. The van der Waals surface area contributed by atoms with E-state index in [9.17, 15) is 0 Å². The van der Waals surface area contributed by atoms with Crippen LogP contribution in [0, 0.1) is 0 Å². The summed E-state index contributed by atoms with van der Waals surface area (Å²) in [7, 11) is 0. The van der Waals surface area contributed by atoms with Gasteiger partial charge in [0, 0.05) is 11.9 Å². The predicted octanol–water partition coefficient (Wildman–Crippen LogP) is 2.62. The van der Waals surface area contributed by atoms with E-state index in [4.69, 9.17) is 0 Å². The van der Waals surface area contributed by atoms with Gasteiger partial charge in [-0.1, -0.05) is 42.5 Å². The SMILES string of the molecule is CB1C=CN(c2ccccn2)c2ccccc21. The van der Waals surface area contributed by atoms with Crippen LogP contribution in [0.2, 0.25) is 6.82 Å². The summed E-state index contributed by atoms with van der Waals surface area (Å²) in [4.78, 5) is 6.54. The van der Waals surface area contributed by atoms with Crippen molar-refractivity contribution in [2.24, 2.45) is 0 Å². The molecule has 17 heavy (non-hydrogen) atoms.